The Morgan fingerprint density at radius 2 is 1.66 bits per heavy atom. The first kappa shape index (κ1) is 21.1. The van der Waals surface area contributed by atoms with Crippen LogP contribution in [0.25, 0.3) is 0 Å². The Morgan fingerprint density at radius 1 is 1.10 bits per heavy atom. The van der Waals surface area contributed by atoms with Gasteiger partial charge in [-0.1, -0.05) is 38.1 Å². The van der Waals surface area contributed by atoms with E-state index in [4.69, 9.17) is 4.74 Å². The Morgan fingerprint density at radius 3 is 2.14 bits per heavy atom. The third-order valence-corrected chi connectivity index (χ3v) is 5.79. The molecule has 0 aromatic heterocycles. The van der Waals surface area contributed by atoms with Crippen molar-refractivity contribution in [2.75, 3.05) is 14.2 Å². The topological polar surface area (TPSA) is 66.9 Å². The van der Waals surface area contributed by atoms with Gasteiger partial charge in [0.05, 0.1) is 18.9 Å². The predicted octanol–water partition coefficient (Wildman–Crippen LogP) is 3.02. The number of imide groups is 1. The summed E-state index contributed by atoms with van der Waals surface area (Å²) in [6, 6.07) is 6.78. The SMILES string of the molecule is COc1ccc(CN(C)C(=O)C(CC(C)C)N2C(=O)C3CC=CCC3C2=O)cc1. The molecular formula is C23H30N2O4. The largest absolute Gasteiger partial charge is 0.497 e. The molecule has 2 aliphatic rings. The van der Waals surface area contributed by atoms with Gasteiger partial charge in [0.15, 0.2) is 0 Å². The van der Waals surface area contributed by atoms with E-state index in [1.807, 2.05) is 50.3 Å². The molecule has 1 saturated heterocycles. The van der Waals surface area contributed by atoms with Crippen LogP contribution in [-0.2, 0) is 20.9 Å². The fraction of sp³-hybridized carbons (Fsp3) is 0.522. The van der Waals surface area contributed by atoms with Gasteiger partial charge in [-0.15, -0.1) is 0 Å². The summed E-state index contributed by atoms with van der Waals surface area (Å²) in [7, 11) is 3.33. The zero-order chi connectivity index (χ0) is 21.1. The van der Waals surface area contributed by atoms with Gasteiger partial charge in [0, 0.05) is 13.6 Å². The molecule has 6 heteroatoms. The Kier molecular flexibility index (Phi) is 6.40. The summed E-state index contributed by atoms with van der Waals surface area (Å²) in [5.41, 5.74) is 0.960. The van der Waals surface area contributed by atoms with Crippen molar-refractivity contribution in [3.63, 3.8) is 0 Å². The number of methoxy groups -OCH3 is 1. The van der Waals surface area contributed by atoms with Crippen molar-refractivity contribution < 1.29 is 19.1 Å². The number of carbonyl (C=O) groups is 3. The van der Waals surface area contributed by atoms with Crippen LogP contribution in [0, 0.1) is 17.8 Å². The lowest BCUT2D eigenvalue weighted by Gasteiger charge is -2.31. The molecule has 0 spiro atoms. The monoisotopic (exact) mass is 398 g/mol. The second-order valence-electron chi connectivity index (χ2n) is 8.39. The van der Waals surface area contributed by atoms with Crippen LogP contribution in [0.15, 0.2) is 36.4 Å². The molecule has 6 nitrogen and oxygen atoms in total. The number of allylic oxidation sites excluding steroid dienone is 2. The van der Waals surface area contributed by atoms with Crippen LogP contribution in [-0.4, -0.2) is 47.7 Å². The number of likely N-dealkylation sites (N-methyl/N-ethyl adjacent to an activating group) is 1. The highest BCUT2D eigenvalue weighted by Gasteiger charge is 2.51. The van der Waals surface area contributed by atoms with Crippen LogP contribution in [0.5, 0.6) is 5.75 Å². The van der Waals surface area contributed by atoms with Crippen molar-refractivity contribution in [3.05, 3.63) is 42.0 Å². The van der Waals surface area contributed by atoms with Gasteiger partial charge in [-0.05, 0) is 42.9 Å². The summed E-state index contributed by atoms with van der Waals surface area (Å²) in [6.07, 6.45) is 5.55. The van der Waals surface area contributed by atoms with Crippen molar-refractivity contribution in [2.45, 2.75) is 45.7 Å². The average molecular weight is 399 g/mol. The van der Waals surface area contributed by atoms with E-state index in [-0.39, 0.29) is 35.5 Å². The maximum atomic E-state index is 13.3. The van der Waals surface area contributed by atoms with Gasteiger partial charge in [0.1, 0.15) is 11.8 Å². The lowest BCUT2D eigenvalue weighted by atomic mass is 9.85. The summed E-state index contributed by atoms with van der Waals surface area (Å²) in [4.78, 5) is 42.2. The summed E-state index contributed by atoms with van der Waals surface area (Å²) >= 11 is 0. The highest BCUT2D eigenvalue weighted by molar-refractivity contribution is 6.08. The van der Waals surface area contributed by atoms with Gasteiger partial charge < -0.3 is 9.64 Å². The van der Waals surface area contributed by atoms with E-state index in [1.165, 1.54) is 4.90 Å². The summed E-state index contributed by atoms with van der Waals surface area (Å²) < 4.78 is 5.17. The molecule has 1 fully saturated rings. The van der Waals surface area contributed by atoms with Gasteiger partial charge in [-0.2, -0.15) is 0 Å². The lowest BCUT2D eigenvalue weighted by Crippen LogP contribution is -2.50. The van der Waals surface area contributed by atoms with Crippen LogP contribution < -0.4 is 4.74 Å². The number of benzene rings is 1. The third kappa shape index (κ3) is 4.36. The first-order chi connectivity index (χ1) is 13.8. The van der Waals surface area contributed by atoms with Gasteiger partial charge in [0.25, 0.3) is 0 Å². The Balaban J connectivity index is 1.79. The van der Waals surface area contributed by atoms with E-state index in [0.717, 1.165) is 11.3 Å². The first-order valence-electron chi connectivity index (χ1n) is 10.2. The molecule has 1 aromatic rings. The van der Waals surface area contributed by atoms with Gasteiger partial charge in [-0.25, -0.2) is 0 Å². The summed E-state index contributed by atoms with van der Waals surface area (Å²) in [5.74, 6) is -0.279. The number of hydrogen-bond acceptors (Lipinski definition) is 4. The molecule has 156 valence electrons. The molecule has 0 saturated carbocycles. The fourth-order valence-corrected chi connectivity index (χ4v) is 4.23. The standard InChI is InChI=1S/C23H30N2O4/c1-15(2)13-20(25-21(26)18-7-5-6-8-19(18)22(25)27)23(28)24(3)14-16-9-11-17(29-4)12-10-16/h5-6,9-12,15,18-20H,7-8,13-14H2,1-4H3. The van der Waals surface area contributed by atoms with Gasteiger partial charge in [0.2, 0.25) is 17.7 Å². The van der Waals surface area contributed by atoms with E-state index in [1.54, 1.807) is 19.1 Å². The van der Waals surface area contributed by atoms with Crippen molar-refractivity contribution in [2.24, 2.45) is 17.8 Å². The van der Waals surface area contributed by atoms with Crippen LogP contribution in [0.3, 0.4) is 0 Å². The molecular weight excluding hydrogens is 368 g/mol. The minimum atomic E-state index is -0.746. The number of likely N-dealkylation sites (tertiary alicyclic amines) is 1. The lowest BCUT2D eigenvalue weighted by molar-refractivity contribution is -0.152. The molecule has 1 aromatic carbocycles. The Hall–Kier alpha value is -2.63. The molecule has 0 bridgehead atoms. The fourth-order valence-electron chi connectivity index (χ4n) is 4.23. The van der Waals surface area contributed by atoms with Crippen LogP contribution in [0.1, 0.15) is 38.7 Å². The van der Waals surface area contributed by atoms with Gasteiger partial charge >= 0.3 is 0 Å². The zero-order valence-electron chi connectivity index (χ0n) is 17.6. The minimum absolute atomic E-state index is 0.180. The first-order valence-corrected chi connectivity index (χ1v) is 10.2. The number of carbonyl (C=O) groups excluding carboxylic acids is 3. The maximum absolute atomic E-state index is 13.3. The second-order valence-corrected chi connectivity index (χ2v) is 8.39. The molecule has 3 unspecified atom stereocenters. The van der Waals surface area contributed by atoms with Crippen molar-refractivity contribution in [1.82, 2.24) is 9.80 Å². The smallest absolute Gasteiger partial charge is 0.245 e. The van der Waals surface area contributed by atoms with E-state index in [0.29, 0.717) is 25.8 Å². The van der Waals surface area contributed by atoms with E-state index in [2.05, 4.69) is 0 Å². The number of ether oxygens (including phenoxy) is 1. The number of fused-ring (bicyclic) bond motifs is 1. The molecule has 1 heterocycles. The third-order valence-electron chi connectivity index (χ3n) is 5.79. The molecule has 3 amide bonds. The van der Waals surface area contributed by atoms with E-state index < -0.39 is 6.04 Å². The normalized spacial score (nSPS) is 22.0. The Labute approximate surface area is 172 Å². The molecule has 3 rings (SSSR count). The highest BCUT2D eigenvalue weighted by Crippen LogP contribution is 2.37. The second kappa shape index (κ2) is 8.80. The van der Waals surface area contributed by atoms with E-state index in [9.17, 15) is 14.4 Å². The average Bonchev–Trinajstić information content (AvgIpc) is 2.97. The number of hydrogen-bond donors (Lipinski definition) is 0. The quantitative estimate of drug-likeness (QED) is 0.523. The summed E-state index contributed by atoms with van der Waals surface area (Å²) in [5, 5.41) is 0. The van der Waals surface area contributed by atoms with Crippen molar-refractivity contribution >= 4 is 17.7 Å². The van der Waals surface area contributed by atoms with Gasteiger partial charge in [-0.3, -0.25) is 19.3 Å². The molecule has 0 radical (unpaired) electrons. The van der Waals surface area contributed by atoms with E-state index >= 15 is 0 Å². The molecule has 0 N–H and O–H groups in total. The number of nitrogens with zero attached hydrogens (tertiary/aromatic N) is 2. The van der Waals surface area contributed by atoms with Crippen molar-refractivity contribution in [1.29, 1.82) is 0 Å². The Bertz CT molecular complexity index is 774. The van der Waals surface area contributed by atoms with Crippen LogP contribution in [0.2, 0.25) is 0 Å². The number of rotatable bonds is 7. The molecule has 29 heavy (non-hydrogen) atoms. The highest BCUT2D eigenvalue weighted by atomic mass is 16.5. The molecule has 3 atom stereocenters. The van der Waals surface area contributed by atoms with Crippen molar-refractivity contribution in [3.8, 4) is 5.75 Å². The zero-order valence-corrected chi connectivity index (χ0v) is 17.6. The van der Waals surface area contributed by atoms with Crippen LogP contribution in [0.4, 0.5) is 0 Å². The summed E-state index contributed by atoms with van der Waals surface area (Å²) in [6.45, 7) is 4.41. The minimum Gasteiger partial charge on any atom is -0.497 e. The number of amides is 3. The predicted molar refractivity (Wildman–Crippen MR) is 110 cm³/mol. The van der Waals surface area contributed by atoms with Crippen LogP contribution >= 0.6 is 0 Å². The molecule has 1 aliphatic heterocycles. The molecule has 1 aliphatic carbocycles. The maximum Gasteiger partial charge on any atom is 0.245 e.